The first-order chi connectivity index (χ1) is 13.6. The fourth-order valence-electron chi connectivity index (χ4n) is 2.93. The van der Waals surface area contributed by atoms with Crippen molar-refractivity contribution in [1.82, 2.24) is 9.55 Å². The number of benzene rings is 2. The molecule has 2 heterocycles. The van der Waals surface area contributed by atoms with Gasteiger partial charge in [-0.25, -0.2) is 9.78 Å². The molecule has 0 unspecified atom stereocenters. The van der Waals surface area contributed by atoms with Gasteiger partial charge in [0.25, 0.3) is 0 Å². The number of nitrogens with one attached hydrogen (secondary N) is 1. The molecule has 0 saturated carbocycles. The zero-order valence-corrected chi connectivity index (χ0v) is 16.8. The van der Waals surface area contributed by atoms with E-state index >= 15 is 0 Å². The van der Waals surface area contributed by atoms with Crippen LogP contribution in [0.15, 0.2) is 60.2 Å². The number of aromatic nitrogens is 2. The van der Waals surface area contributed by atoms with Crippen molar-refractivity contribution in [1.29, 1.82) is 0 Å². The number of thiophene rings is 1. The average Bonchev–Trinajstić information content (AvgIpc) is 3.33. The topological polar surface area (TPSA) is 56.2 Å². The molecule has 7 heteroatoms. The zero-order chi connectivity index (χ0) is 19.5. The molecule has 2 aromatic heterocycles. The van der Waals surface area contributed by atoms with Crippen LogP contribution in [-0.4, -0.2) is 15.6 Å². The zero-order valence-electron chi connectivity index (χ0n) is 15.2. The molecule has 5 nitrogen and oxygen atoms in total. The van der Waals surface area contributed by atoms with E-state index in [1.54, 1.807) is 0 Å². The second-order valence-electron chi connectivity index (χ2n) is 6.26. The fourth-order valence-corrected chi connectivity index (χ4v) is 3.85. The Morgan fingerprint density at radius 2 is 2.00 bits per heavy atom. The Hall–Kier alpha value is -2.83. The van der Waals surface area contributed by atoms with Gasteiger partial charge in [0.1, 0.15) is 6.61 Å². The van der Waals surface area contributed by atoms with Gasteiger partial charge in [-0.3, -0.25) is 5.32 Å². The molecule has 0 radical (unpaired) electrons. The van der Waals surface area contributed by atoms with Crippen LogP contribution in [0.4, 0.5) is 9.80 Å². The van der Waals surface area contributed by atoms with Crippen molar-refractivity contribution in [3.05, 3.63) is 70.8 Å². The third-order valence-corrected chi connectivity index (χ3v) is 5.50. The van der Waals surface area contributed by atoms with Crippen molar-refractivity contribution in [2.75, 3.05) is 5.32 Å². The molecule has 0 atom stereocenters. The molecule has 0 fully saturated rings. The molecular formula is C21H18ClN3O2S. The lowest BCUT2D eigenvalue weighted by Crippen LogP contribution is -2.12. The second kappa shape index (κ2) is 8.04. The summed E-state index contributed by atoms with van der Waals surface area (Å²) < 4.78 is 7.42. The molecule has 0 aliphatic rings. The van der Waals surface area contributed by atoms with Gasteiger partial charge in [0.05, 0.1) is 22.4 Å². The standard InChI is InChI=1S/C21H18ClN3O2S/c1-2-25-13-23-18-9-14(3-8-19(18)25)11-27-21(26)24-20-10-16(12-28-20)15-4-6-17(22)7-5-15/h3-10,12-13H,2,11H2,1H3,(H,24,26). The monoisotopic (exact) mass is 411 g/mol. The van der Waals surface area contributed by atoms with Gasteiger partial charge in [0, 0.05) is 16.9 Å². The number of hydrogen-bond donors (Lipinski definition) is 1. The molecule has 0 aliphatic carbocycles. The lowest BCUT2D eigenvalue weighted by atomic mass is 10.1. The number of carbonyl (C=O) groups is 1. The summed E-state index contributed by atoms with van der Waals surface area (Å²) >= 11 is 7.37. The van der Waals surface area contributed by atoms with Gasteiger partial charge in [-0.05, 0) is 53.9 Å². The summed E-state index contributed by atoms with van der Waals surface area (Å²) in [5.74, 6) is 0. The number of imidazole rings is 1. The maximum atomic E-state index is 12.1. The minimum absolute atomic E-state index is 0.191. The number of fused-ring (bicyclic) bond motifs is 1. The van der Waals surface area contributed by atoms with Gasteiger partial charge in [-0.1, -0.05) is 29.8 Å². The highest BCUT2D eigenvalue weighted by Gasteiger charge is 2.09. The molecule has 4 rings (SSSR count). The third kappa shape index (κ3) is 4.03. The Morgan fingerprint density at radius 3 is 2.79 bits per heavy atom. The number of halogens is 1. The fraction of sp³-hybridized carbons (Fsp3) is 0.143. The molecule has 0 spiro atoms. The normalized spacial score (nSPS) is 10.9. The van der Waals surface area contributed by atoms with Gasteiger partial charge < -0.3 is 9.30 Å². The van der Waals surface area contributed by atoms with Crippen molar-refractivity contribution >= 4 is 45.1 Å². The van der Waals surface area contributed by atoms with E-state index < -0.39 is 6.09 Å². The van der Waals surface area contributed by atoms with E-state index in [0.29, 0.717) is 5.02 Å². The van der Waals surface area contributed by atoms with Crippen LogP contribution in [0.1, 0.15) is 12.5 Å². The molecule has 0 aliphatic heterocycles. The van der Waals surface area contributed by atoms with E-state index in [1.807, 2.05) is 60.2 Å². The first kappa shape index (κ1) is 18.5. The van der Waals surface area contributed by atoms with Crippen LogP contribution in [0.25, 0.3) is 22.2 Å². The van der Waals surface area contributed by atoms with Crippen LogP contribution in [-0.2, 0) is 17.9 Å². The van der Waals surface area contributed by atoms with E-state index in [2.05, 4.69) is 21.8 Å². The Balaban J connectivity index is 1.36. The van der Waals surface area contributed by atoms with Crippen LogP contribution in [0.5, 0.6) is 0 Å². The number of anilines is 1. The predicted octanol–water partition coefficient (Wildman–Crippen LogP) is 6.19. The molecular weight excluding hydrogens is 394 g/mol. The quantitative estimate of drug-likeness (QED) is 0.426. The summed E-state index contributed by atoms with van der Waals surface area (Å²) in [7, 11) is 0. The molecule has 0 saturated heterocycles. The highest BCUT2D eigenvalue weighted by Crippen LogP contribution is 2.30. The van der Waals surface area contributed by atoms with E-state index in [1.165, 1.54) is 11.3 Å². The summed E-state index contributed by atoms with van der Waals surface area (Å²) in [6, 6.07) is 15.4. The van der Waals surface area contributed by atoms with Crippen LogP contribution in [0.2, 0.25) is 5.02 Å². The maximum Gasteiger partial charge on any atom is 0.412 e. The number of amides is 1. The van der Waals surface area contributed by atoms with Crippen molar-refractivity contribution in [2.24, 2.45) is 0 Å². The second-order valence-corrected chi connectivity index (χ2v) is 7.61. The molecule has 2 aromatic carbocycles. The Bertz CT molecular complexity index is 1120. The highest BCUT2D eigenvalue weighted by molar-refractivity contribution is 7.14. The molecule has 1 amide bonds. The summed E-state index contributed by atoms with van der Waals surface area (Å²) in [5, 5.41) is 6.18. The van der Waals surface area contributed by atoms with Crippen molar-refractivity contribution in [3.8, 4) is 11.1 Å². The molecule has 4 aromatic rings. The van der Waals surface area contributed by atoms with E-state index in [9.17, 15) is 4.79 Å². The maximum absolute atomic E-state index is 12.1. The summed E-state index contributed by atoms with van der Waals surface area (Å²) in [6.07, 6.45) is 1.33. The summed E-state index contributed by atoms with van der Waals surface area (Å²) in [5.41, 5.74) is 4.94. The van der Waals surface area contributed by atoms with Crippen LogP contribution < -0.4 is 5.32 Å². The van der Waals surface area contributed by atoms with Crippen molar-refractivity contribution < 1.29 is 9.53 Å². The number of aryl methyl sites for hydroxylation is 1. The van der Waals surface area contributed by atoms with Crippen LogP contribution in [0.3, 0.4) is 0 Å². The number of carbonyl (C=O) groups excluding carboxylic acids is 1. The SMILES string of the molecule is CCn1cnc2cc(COC(=O)Nc3cc(-c4ccc(Cl)cc4)cs3)ccc21. The number of nitrogens with zero attached hydrogens (tertiary/aromatic N) is 2. The van der Waals surface area contributed by atoms with E-state index in [-0.39, 0.29) is 6.61 Å². The van der Waals surface area contributed by atoms with Crippen molar-refractivity contribution in [2.45, 2.75) is 20.1 Å². The van der Waals surface area contributed by atoms with E-state index in [4.69, 9.17) is 16.3 Å². The lowest BCUT2D eigenvalue weighted by Gasteiger charge is -2.06. The lowest BCUT2D eigenvalue weighted by molar-refractivity contribution is 0.155. The average molecular weight is 412 g/mol. The summed E-state index contributed by atoms with van der Waals surface area (Å²) in [6.45, 7) is 3.13. The summed E-state index contributed by atoms with van der Waals surface area (Å²) in [4.78, 5) is 16.5. The molecule has 28 heavy (non-hydrogen) atoms. The third-order valence-electron chi connectivity index (χ3n) is 4.40. The van der Waals surface area contributed by atoms with Crippen LogP contribution >= 0.6 is 22.9 Å². The van der Waals surface area contributed by atoms with Gasteiger partial charge >= 0.3 is 6.09 Å². The first-order valence-electron chi connectivity index (χ1n) is 8.84. The minimum Gasteiger partial charge on any atom is -0.444 e. The minimum atomic E-state index is -0.483. The number of rotatable bonds is 5. The smallest absolute Gasteiger partial charge is 0.412 e. The largest absolute Gasteiger partial charge is 0.444 e. The number of hydrogen-bond acceptors (Lipinski definition) is 4. The van der Waals surface area contributed by atoms with Crippen molar-refractivity contribution in [3.63, 3.8) is 0 Å². The first-order valence-corrected chi connectivity index (χ1v) is 10.1. The number of ether oxygens (including phenoxy) is 1. The Morgan fingerprint density at radius 1 is 1.18 bits per heavy atom. The molecule has 142 valence electrons. The molecule has 0 bridgehead atoms. The van der Waals surface area contributed by atoms with Gasteiger partial charge in [-0.2, -0.15) is 0 Å². The highest BCUT2D eigenvalue weighted by atomic mass is 35.5. The van der Waals surface area contributed by atoms with Gasteiger partial charge in [0.2, 0.25) is 0 Å². The molecule has 1 N–H and O–H groups in total. The predicted molar refractivity (Wildman–Crippen MR) is 114 cm³/mol. The Kier molecular flexibility index (Phi) is 5.32. The van der Waals surface area contributed by atoms with E-state index in [0.717, 1.165) is 39.3 Å². The van der Waals surface area contributed by atoms with Gasteiger partial charge in [-0.15, -0.1) is 11.3 Å². The Labute approximate surface area is 171 Å². The van der Waals surface area contributed by atoms with Crippen LogP contribution in [0, 0.1) is 0 Å². The van der Waals surface area contributed by atoms with Gasteiger partial charge in [0.15, 0.2) is 0 Å².